The molecule has 0 aliphatic carbocycles. The summed E-state index contributed by atoms with van der Waals surface area (Å²) < 4.78 is 5.14. The van der Waals surface area contributed by atoms with Gasteiger partial charge in [0.15, 0.2) is 0 Å². The van der Waals surface area contributed by atoms with E-state index >= 15 is 0 Å². The number of ether oxygens (including phenoxy) is 1. The van der Waals surface area contributed by atoms with Crippen molar-refractivity contribution >= 4 is 5.97 Å². The van der Waals surface area contributed by atoms with Crippen molar-refractivity contribution in [3.8, 4) is 0 Å². The molecule has 0 fully saturated rings. The van der Waals surface area contributed by atoms with Gasteiger partial charge in [-0.25, -0.2) is 0 Å². The highest BCUT2D eigenvalue weighted by Gasteiger charge is 2.08. The van der Waals surface area contributed by atoms with Crippen LogP contribution in [0.1, 0.15) is 39.0 Å². The average Bonchev–Trinajstić information content (AvgIpc) is 2.02. The van der Waals surface area contributed by atoms with Gasteiger partial charge in [-0.1, -0.05) is 12.2 Å². The van der Waals surface area contributed by atoms with E-state index in [0.717, 1.165) is 25.7 Å². The van der Waals surface area contributed by atoms with E-state index in [4.69, 9.17) is 4.74 Å². The molecule has 1 heterocycles. The third-order valence-corrected chi connectivity index (χ3v) is 1.97. The number of carbonyl (C=O) groups excluding carboxylic acids is 1. The molecule has 0 aromatic heterocycles. The highest BCUT2D eigenvalue weighted by atomic mass is 16.5. The van der Waals surface area contributed by atoms with Crippen molar-refractivity contribution in [2.24, 2.45) is 0 Å². The number of allylic oxidation sites excluding steroid dienone is 1. The number of cyclic esters (lactones) is 1. The van der Waals surface area contributed by atoms with Crippen LogP contribution in [0.5, 0.6) is 0 Å². The van der Waals surface area contributed by atoms with Crippen LogP contribution in [0.3, 0.4) is 0 Å². The first-order chi connectivity index (χ1) is 5.79. The summed E-state index contributed by atoms with van der Waals surface area (Å²) in [5.74, 6) is -0.0437. The minimum absolute atomic E-state index is 0.0437. The van der Waals surface area contributed by atoms with Crippen molar-refractivity contribution in [3.05, 3.63) is 12.2 Å². The van der Waals surface area contributed by atoms with Crippen LogP contribution >= 0.6 is 0 Å². The zero-order valence-corrected chi connectivity index (χ0v) is 7.58. The van der Waals surface area contributed by atoms with E-state index in [1.807, 2.05) is 6.92 Å². The van der Waals surface area contributed by atoms with Crippen molar-refractivity contribution in [3.63, 3.8) is 0 Å². The van der Waals surface area contributed by atoms with Crippen molar-refractivity contribution < 1.29 is 9.53 Å². The largest absolute Gasteiger partial charge is 0.462 e. The SMILES string of the molecule is CC1C/C=C\CCCCC(=O)O1. The van der Waals surface area contributed by atoms with Gasteiger partial charge >= 0.3 is 5.97 Å². The molecule has 0 N–H and O–H groups in total. The zero-order valence-electron chi connectivity index (χ0n) is 7.58. The maximum Gasteiger partial charge on any atom is 0.306 e. The van der Waals surface area contributed by atoms with Crippen molar-refractivity contribution in [1.82, 2.24) is 0 Å². The lowest BCUT2D eigenvalue weighted by atomic mass is 10.1. The Bertz CT molecular complexity index is 173. The van der Waals surface area contributed by atoms with Crippen molar-refractivity contribution in [1.29, 1.82) is 0 Å². The van der Waals surface area contributed by atoms with Crippen LogP contribution < -0.4 is 0 Å². The lowest BCUT2D eigenvalue weighted by molar-refractivity contribution is -0.148. The Morgan fingerprint density at radius 3 is 3.08 bits per heavy atom. The number of carbonyl (C=O) groups is 1. The Balaban J connectivity index is 2.41. The summed E-state index contributed by atoms with van der Waals surface area (Å²) in [6.45, 7) is 1.93. The molecule has 1 aliphatic rings. The number of esters is 1. The molecule has 0 saturated heterocycles. The van der Waals surface area contributed by atoms with Crippen LogP contribution in [0.15, 0.2) is 12.2 Å². The molecular formula is C10H16O2. The molecule has 0 spiro atoms. The summed E-state index contributed by atoms with van der Waals surface area (Å²) in [5.41, 5.74) is 0. The molecule has 1 aliphatic heterocycles. The quantitative estimate of drug-likeness (QED) is 0.410. The lowest BCUT2D eigenvalue weighted by Gasteiger charge is -2.12. The second kappa shape index (κ2) is 4.96. The van der Waals surface area contributed by atoms with Gasteiger partial charge in [-0.15, -0.1) is 0 Å². The molecule has 2 nitrogen and oxygen atoms in total. The summed E-state index contributed by atoms with van der Waals surface area (Å²) in [7, 11) is 0. The van der Waals surface area contributed by atoms with Crippen LogP contribution in [0.2, 0.25) is 0 Å². The summed E-state index contributed by atoms with van der Waals surface area (Å²) in [4.78, 5) is 11.1. The average molecular weight is 168 g/mol. The van der Waals surface area contributed by atoms with Crippen LogP contribution in [0, 0.1) is 0 Å². The summed E-state index contributed by atoms with van der Waals surface area (Å²) in [6, 6.07) is 0. The maximum atomic E-state index is 11.1. The monoisotopic (exact) mass is 168 g/mol. The molecule has 1 rings (SSSR count). The molecule has 0 aromatic carbocycles. The lowest BCUT2D eigenvalue weighted by Crippen LogP contribution is -2.14. The zero-order chi connectivity index (χ0) is 8.81. The minimum atomic E-state index is -0.0437. The normalized spacial score (nSPS) is 29.1. The number of hydrogen-bond acceptors (Lipinski definition) is 2. The summed E-state index contributed by atoms with van der Waals surface area (Å²) in [5, 5.41) is 0. The van der Waals surface area contributed by atoms with E-state index in [1.54, 1.807) is 0 Å². The third kappa shape index (κ3) is 3.56. The predicted molar refractivity (Wildman–Crippen MR) is 47.8 cm³/mol. The molecule has 2 heteroatoms. The Kier molecular flexibility index (Phi) is 3.85. The molecule has 1 unspecified atom stereocenters. The van der Waals surface area contributed by atoms with E-state index in [1.165, 1.54) is 0 Å². The Morgan fingerprint density at radius 2 is 2.25 bits per heavy atom. The smallest absolute Gasteiger partial charge is 0.306 e. The summed E-state index contributed by atoms with van der Waals surface area (Å²) in [6.07, 6.45) is 8.91. The topological polar surface area (TPSA) is 26.3 Å². The van der Waals surface area contributed by atoms with E-state index < -0.39 is 0 Å². The van der Waals surface area contributed by atoms with Crippen LogP contribution in [-0.2, 0) is 9.53 Å². The molecule has 68 valence electrons. The van der Waals surface area contributed by atoms with Crippen molar-refractivity contribution in [2.45, 2.75) is 45.1 Å². The molecule has 0 amide bonds. The summed E-state index contributed by atoms with van der Waals surface area (Å²) >= 11 is 0. The van der Waals surface area contributed by atoms with Gasteiger partial charge in [-0.05, 0) is 26.2 Å². The Labute approximate surface area is 73.6 Å². The second-order valence-corrected chi connectivity index (χ2v) is 3.25. The van der Waals surface area contributed by atoms with E-state index in [0.29, 0.717) is 6.42 Å². The number of rotatable bonds is 0. The predicted octanol–water partition coefficient (Wildman–Crippen LogP) is 2.44. The molecule has 1 atom stereocenters. The van der Waals surface area contributed by atoms with Crippen LogP contribution in [-0.4, -0.2) is 12.1 Å². The molecule has 0 bridgehead atoms. The highest BCUT2D eigenvalue weighted by molar-refractivity contribution is 5.69. The first-order valence-electron chi connectivity index (χ1n) is 4.63. The van der Waals surface area contributed by atoms with Gasteiger partial charge < -0.3 is 4.74 Å². The fourth-order valence-electron chi connectivity index (χ4n) is 1.27. The standard InChI is InChI=1S/C10H16O2/c1-9-7-5-3-2-4-6-8-10(11)12-9/h3,5,9H,2,4,6-8H2,1H3/b5-3-. The first kappa shape index (κ1) is 9.30. The van der Waals surface area contributed by atoms with Gasteiger partial charge in [0.2, 0.25) is 0 Å². The fourth-order valence-corrected chi connectivity index (χ4v) is 1.27. The Morgan fingerprint density at radius 1 is 1.42 bits per heavy atom. The Hall–Kier alpha value is -0.790. The molecule has 0 saturated carbocycles. The fraction of sp³-hybridized carbons (Fsp3) is 0.700. The second-order valence-electron chi connectivity index (χ2n) is 3.25. The van der Waals surface area contributed by atoms with Gasteiger partial charge in [0.05, 0.1) is 0 Å². The van der Waals surface area contributed by atoms with Crippen LogP contribution in [0.4, 0.5) is 0 Å². The van der Waals surface area contributed by atoms with E-state index in [-0.39, 0.29) is 12.1 Å². The highest BCUT2D eigenvalue weighted by Crippen LogP contribution is 2.09. The molecule has 12 heavy (non-hydrogen) atoms. The van der Waals surface area contributed by atoms with Gasteiger partial charge in [-0.3, -0.25) is 4.79 Å². The van der Waals surface area contributed by atoms with E-state index in [9.17, 15) is 4.79 Å². The molecule has 0 radical (unpaired) electrons. The third-order valence-electron chi connectivity index (χ3n) is 1.97. The van der Waals surface area contributed by atoms with Gasteiger partial charge in [-0.2, -0.15) is 0 Å². The van der Waals surface area contributed by atoms with Gasteiger partial charge in [0, 0.05) is 12.8 Å². The maximum absolute atomic E-state index is 11.1. The first-order valence-corrected chi connectivity index (χ1v) is 4.63. The molecule has 0 aromatic rings. The van der Waals surface area contributed by atoms with E-state index in [2.05, 4.69) is 12.2 Å². The minimum Gasteiger partial charge on any atom is -0.462 e. The van der Waals surface area contributed by atoms with Gasteiger partial charge in [0.25, 0.3) is 0 Å². The molecular weight excluding hydrogens is 152 g/mol. The number of hydrogen-bond donors (Lipinski definition) is 0. The van der Waals surface area contributed by atoms with Crippen molar-refractivity contribution in [2.75, 3.05) is 0 Å². The van der Waals surface area contributed by atoms with Gasteiger partial charge in [0.1, 0.15) is 6.10 Å². The van der Waals surface area contributed by atoms with Crippen LogP contribution in [0.25, 0.3) is 0 Å².